The third-order valence-electron chi connectivity index (χ3n) is 6.07. The molecular formula is C28H22O9. The van der Waals surface area contributed by atoms with E-state index in [1.165, 1.54) is 12.1 Å². The van der Waals surface area contributed by atoms with Crippen molar-refractivity contribution in [1.29, 1.82) is 0 Å². The van der Waals surface area contributed by atoms with E-state index in [9.17, 15) is 30.0 Å². The maximum absolute atomic E-state index is 13.2. The van der Waals surface area contributed by atoms with Gasteiger partial charge >= 0.3 is 5.97 Å². The van der Waals surface area contributed by atoms with Crippen LogP contribution in [0.4, 0.5) is 0 Å². The predicted octanol–water partition coefficient (Wildman–Crippen LogP) is 4.68. The minimum Gasteiger partial charge on any atom is -0.507 e. The van der Waals surface area contributed by atoms with Crippen molar-refractivity contribution in [2.24, 2.45) is 0 Å². The number of fused-ring (bicyclic) bond motifs is 3. The molecule has 1 aliphatic heterocycles. The van der Waals surface area contributed by atoms with E-state index in [2.05, 4.69) is 6.58 Å². The Bertz CT molecular complexity index is 1650. The SMILES string of the molecule is C=C(C)COc1ccccc1[C@@H]1CC(=O)Oc2cc(O)c3c(=O)c(O)c(-c4ccc(O)c(O)c4)oc3c21. The van der Waals surface area contributed by atoms with E-state index >= 15 is 0 Å². The average molecular weight is 502 g/mol. The summed E-state index contributed by atoms with van der Waals surface area (Å²) in [6, 6.07) is 11.8. The van der Waals surface area contributed by atoms with Crippen molar-refractivity contribution in [2.45, 2.75) is 19.3 Å². The fraction of sp³-hybridized carbons (Fsp3) is 0.143. The highest BCUT2D eigenvalue weighted by molar-refractivity contribution is 5.94. The van der Waals surface area contributed by atoms with E-state index in [4.69, 9.17) is 13.9 Å². The highest BCUT2D eigenvalue weighted by Crippen LogP contribution is 2.48. The summed E-state index contributed by atoms with van der Waals surface area (Å²) in [5, 5.41) is 40.6. The Morgan fingerprint density at radius 1 is 1.03 bits per heavy atom. The Labute approximate surface area is 210 Å². The number of benzene rings is 3. The second kappa shape index (κ2) is 8.94. The van der Waals surface area contributed by atoms with Gasteiger partial charge in [0.05, 0.1) is 6.42 Å². The molecule has 1 atom stereocenters. The van der Waals surface area contributed by atoms with Crippen molar-refractivity contribution in [3.8, 4) is 45.8 Å². The molecule has 9 nitrogen and oxygen atoms in total. The van der Waals surface area contributed by atoms with Gasteiger partial charge in [0.25, 0.3) is 0 Å². The van der Waals surface area contributed by atoms with Gasteiger partial charge in [-0.3, -0.25) is 9.59 Å². The molecule has 188 valence electrons. The van der Waals surface area contributed by atoms with Crippen LogP contribution in [0, 0.1) is 0 Å². The predicted molar refractivity (Wildman–Crippen MR) is 133 cm³/mol. The summed E-state index contributed by atoms with van der Waals surface area (Å²) in [5.41, 5.74) is 0.780. The van der Waals surface area contributed by atoms with Crippen molar-refractivity contribution in [3.05, 3.63) is 82.0 Å². The van der Waals surface area contributed by atoms with Crippen LogP contribution in [-0.2, 0) is 4.79 Å². The van der Waals surface area contributed by atoms with E-state index in [1.54, 1.807) is 24.3 Å². The molecule has 37 heavy (non-hydrogen) atoms. The van der Waals surface area contributed by atoms with Gasteiger partial charge in [0, 0.05) is 28.7 Å². The van der Waals surface area contributed by atoms with Crippen LogP contribution in [0.3, 0.4) is 0 Å². The third kappa shape index (κ3) is 4.10. The molecule has 0 saturated heterocycles. The molecule has 0 fully saturated rings. The molecule has 1 aromatic heterocycles. The summed E-state index contributed by atoms with van der Waals surface area (Å²) >= 11 is 0. The van der Waals surface area contributed by atoms with E-state index in [0.29, 0.717) is 16.9 Å². The van der Waals surface area contributed by atoms with Crippen molar-refractivity contribution in [2.75, 3.05) is 6.61 Å². The standard InChI is InChI=1S/C28H22O9/c1-13(2)12-35-20-6-4-3-5-15(20)16-10-22(32)36-21-11-19(31)24-25(33)26(34)27(37-28(24)23(16)21)14-7-8-17(29)18(30)9-14/h3-9,11,16,29-31,34H,1,10,12H2,2H3/t16-/m0/s1. The first-order chi connectivity index (χ1) is 17.7. The second-order valence-corrected chi connectivity index (χ2v) is 8.84. The van der Waals surface area contributed by atoms with Gasteiger partial charge in [0.2, 0.25) is 11.2 Å². The molecule has 0 saturated carbocycles. The molecule has 0 amide bonds. The number of aromatic hydroxyl groups is 4. The zero-order valence-electron chi connectivity index (χ0n) is 19.6. The van der Waals surface area contributed by atoms with Crippen LogP contribution in [0.15, 0.2) is 69.9 Å². The van der Waals surface area contributed by atoms with Gasteiger partial charge in [-0.1, -0.05) is 24.8 Å². The van der Waals surface area contributed by atoms with Gasteiger partial charge in [0.15, 0.2) is 17.3 Å². The quantitative estimate of drug-likeness (QED) is 0.132. The summed E-state index contributed by atoms with van der Waals surface area (Å²) in [4.78, 5) is 25.8. The van der Waals surface area contributed by atoms with Crippen LogP contribution in [0.5, 0.6) is 34.5 Å². The van der Waals surface area contributed by atoms with Crippen molar-refractivity contribution < 1.29 is 39.1 Å². The highest BCUT2D eigenvalue weighted by atomic mass is 16.5. The van der Waals surface area contributed by atoms with Gasteiger partial charge < -0.3 is 34.3 Å². The molecule has 2 heterocycles. The van der Waals surface area contributed by atoms with Crippen LogP contribution >= 0.6 is 0 Å². The average Bonchev–Trinajstić information content (AvgIpc) is 2.85. The van der Waals surface area contributed by atoms with Gasteiger partial charge in [0.1, 0.15) is 34.8 Å². The van der Waals surface area contributed by atoms with Crippen LogP contribution in [0.2, 0.25) is 0 Å². The Kier molecular flexibility index (Phi) is 5.75. The number of phenols is 3. The van der Waals surface area contributed by atoms with Gasteiger partial charge in [-0.25, -0.2) is 0 Å². The molecule has 0 aliphatic carbocycles. The van der Waals surface area contributed by atoms with Crippen LogP contribution in [-0.4, -0.2) is 33.0 Å². The summed E-state index contributed by atoms with van der Waals surface area (Å²) < 4.78 is 17.3. The summed E-state index contributed by atoms with van der Waals surface area (Å²) in [6.45, 7) is 5.91. The Hall–Kier alpha value is -4.92. The van der Waals surface area contributed by atoms with E-state index in [0.717, 1.165) is 17.7 Å². The molecule has 1 aliphatic rings. The van der Waals surface area contributed by atoms with Crippen molar-refractivity contribution in [3.63, 3.8) is 0 Å². The number of para-hydroxylation sites is 1. The molecule has 3 aromatic carbocycles. The van der Waals surface area contributed by atoms with Gasteiger partial charge in [-0.15, -0.1) is 0 Å². The van der Waals surface area contributed by atoms with Crippen molar-refractivity contribution in [1.82, 2.24) is 0 Å². The smallest absolute Gasteiger partial charge is 0.312 e. The highest BCUT2D eigenvalue weighted by Gasteiger charge is 2.35. The van der Waals surface area contributed by atoms with Crippen LogP contribution in [0.25, 0.3) is 22.3 Å². The van der Waals surface area contributed by atoms with Crippen LogP contribution < -0.4 is 14.9 Å². The Balaban J connectivity index is 1.81. The number of esters is 1. The lowest BCUT2D eigenvalue weighted by molar-refractivity contribution is -0.135. The number of hydrogen-bond acceptors (Lipinski definition) is 9. The molecule has 9 heteroatoms. The van der Waals surface area contributed by atoms with E-state index < -0.39 is 40.3 Å². The fourth-order valence-corrected chi connectivity index (χ4v) is 4.41. The largest absolute Gasteiger partial charge is 0.507 e. The molecular weight excluding hydrogens is 480 g/mol. The lowest BCUT2D eigenvalue weighted by Crippen LogP contribution is -2.22. The first kappa shape index (κ1) is 23.8. The maximum atomic E-state index is 13.2. The molecule has 0 unspecified atom stereocenters. The number of phenolic OH excluding ortho intramolecular Hbond substituents is 3. The van der Waals surface area contributed by atoms with Crippen LogP contribution in [0.1, 0.15) is 30.4 Å². The Morgan fingerprint density at radius 3 is 2.51 bits per heavy atom. The summed E-state index contributed by atoms with van der Waals surface area (Å²) in [6.07, 6.45) is -0.111. The lowest BCUT2D eigenvalue weighted by atomic mass is 9.84. The zero-order valence-corrected chi connectivity index (χ0v) is 19.6. The van der Waals surface area contributed by atoms with Gasteiger partial charge in [-0.2, -0.15) is 0 Å². The molecule has 5 rings (SSSR count). The molecule has 0 radical (unpaired) electrons. The van der Waals surface area contributed by atoms with E-state index in [-0.39, 0.29) is 41.1 Å². The number of hydrogen-bond donors (Lipinski definition) is 4. The maximum Gasteiger partial charge on any atom is 0.312 e. The summed E-state index contributed by atoms with van der Waals surface area (Å²) in [7, 11) is 0. The molecule has 0 spiro atoms. The van der Waals surface area contributed by atoms with E-state index in [1.807, 2.05) is 6.92 Å². The van der Waals surface area contributed by atoms with Crippen molar-refractivity contribution >= 4 is 16.9 Å². The summed E-state index contributed by atoms with van der Waals surface area (Å²) in [5.74, 6) is -3.31. The van der Waals surface area contributed by atoms with Gasteiger partial charge in [-0.05, 0) is 36.8 Å². The third-order valence-corrected chi connectivity index (χ3v) is 6.07. The monoisotopic (exact) mass is 502 g/mol. The minimum absolute atomic E-state index is 0.00528. The fourth-order valence-electron chi connectivity index (χ4n) is 4.41. The second-order valence-electron chi connectivity index (χ2n) is 8.84. The normalized spacial score (nSPS) is 14.7. The molecule has 0 bridgehead atoms. The first-order valence-electron chi connectivity index (χ1n) is 11.3. The lowest BCUT2D eigenvalue weighted by Gasteiger charge is -2.27. The first-order valence-corrected chi connectivity index (χ1v) is 11.3. The Morgan fingerprint density at radius 2 is 1.78 bits per heavy atom. The zero-order chi connectivity index (χ0) is 26.4. The molecule has 4 aromatic rings. The number of carbonyl (C=O) groups is 1. The number of rotatable bonds is 5. The molecule has 4 N–H and O–H groups in total. The minimum atomic E-state index is -0.924. The topological polar surface area (TPSA) is 147 Å². The number of ether oxygens (including phenoxy) is 2. The number of carbonyl (C=O) groups excluding carboxylic acids is 1.